The molecule has 8 heteroatoms. The second-order valence-corrected chi connectivity index (χ2v) is 12.2. The number of aromatic hydroxyl groups is 2. The summed E-state index contributed by atoms with van der Waals surface area (Å²) in [6, 6.07) is 0. The van der Waals surface area contributed by atoms with E-state index in [1.807, 2.05) is 53.7 Å². The average molecular weight is 609 g/mol. The van der Waals surface area contributed by atoms with Crippen LogP contribution in [0.1, 0.15) is 109 Å². The fourth-order valence-electron chi connectivity index (χ4n) is 5.33. The van der Waals surface area contributed by atoms with Crippen molar-refractivity contribution < 1.29 is 39.5 Å². The van der Waals surface area contributed by atoms with Gasteiger partial charge >= 0.3 is 0 Å². The van der Waals surface area contributed by atoms with E-state index in [4.69, 9.17) is 4.74 Å². The molecule has 0 spiro atoms. The highest BCUT2D eigenvalue weighted by Gasteiger charge is 2.47. The smallest absolute Gasteiger partial charge is 0.183 e. The average Bonchev–Trinajstić information content (AvgIpc) is 2.93. The third kappa shape index (κ3) is 7.71. The molecule has 1 aromatic carbocycles. The number of Topliss-reactive ketones (excluding diaryl/α,β-unsaturated/α-hetero) is 3. The topological polar surface area (TPSA) is 141 Å². The summed E-state index contributed by atoms with van der Waals surface area (Å²) in [5.41, 5.74) is 0.884. The molecule has 1 aliphatic carbocycles. The molecule has 1 aliphatic rings. The number of hydrogen-bond acceptors (Lipinski definition) is 8. The number of carbonyl (C=O) groups excluding carboxylic acids is 3. The summed E-state index contributed by atoms with van der Waals surface area (Å²) >= 11 is 0. The standard InChI is InChI=1S/C36H48O8/c1-10-12-27(38)29-31(40)25(30(39)24(33(29)44-9)16-15-21(4)5)19-26-32(41)28(23(7)37)35(43)36(8,34(26)42)18-17-22(6)14-11-13-20(2)3/h13,15,17,39-42H,10-12,14,16,18-19H2,1-9H3/b22-17+/t36-/m0/s1. The maximum absolute atomic E-state index is 13.6. The van der Waals surface area contributed by atoms with Crippen molar-refractivity contribution in [2.45, 2.75) is 100 Å². The molecule has 8 nitrogen and oxygen atoms in total. The molecule has 44 heavy (non-hydrogen) atoms. The second-order valence-electron chi connectivity index (χ2n) is 12.2. The highest BCUT2D eigenvalue weighted by molar-refractivity contribution is 6.23. The van der Waals surface area contributed by atoms with Gasteiger partial charge < -0.3 is 25.2 Å². The van der Waals surface area contributed by atoms with Crippen LogP contribution in [-0.2, 0) is 22.4 Å². The SMILES string of the molecule is CCCC(=O)c1c(O)c(CC2=C(O)[C@](C)(C/C=C(\C)CCC=C(C)C)C(=O)C(C(C)=O)=C2O)c(O)c(CC=C(C)C)c1OC. The zero-order valence-electron chi connectivity index (χ0n) is 27.6. The van der Waals surface area contributed by atoms with Gasteiger partial charge in [0.1, 0.15) is 39.9 Å². The summed E-state index contributed by atoms with van der Waals surface area (Å²) in [6.45, 7) is 14.2. The summed E-state index contributed by atoms with van der Waals surface area (Å²) in [7, 11) is 1.35. The van der Waals surface area contributed by atoms with Crippen molar-refractivity contribution in [3.05, 3.63) is 74.3 Å². The van der Waals surface area contributed by atoms with Crippen molar-refractivity contribution in [1.29, 1.82) is 0 Å². The van der Waals surface area contributed by atoms with E-state index in [1.165, 1.54) is 19.6 Å². The van der Waals surface area contributed by atoms with E-state index < -0.39 is 52.0 Å². The van der Waals surface area contributed by atoms with Crippen LogP contribution in [0.3, 0.4) is 0 Å². The van der Waals surface area contributed by atoms with E-state index >= 15 is 0 Å². The lowest BCUT2D eigenvalue weighted by Gasteiger charge is -2.33. The molecule has 0 aliphatic heterocycles. The lowest BCUT2D eigenvalue weighted by Crippen LogP contribution is -2.38. The molecule has 0 unspecified atom stereocenters. The van der Waals surface area contributed by atoms with Crippen molar-refractivity contribution in [3.63, 3.8) is 0 Å². The fourth-order valence-corrected chi connectivity index (χ4v) is 5.33. The summed E-state index contributed by atoms with van der Waals surface area (Å²) in [5, 5.41) is 45.7. The molecule has 0 bridgehead atoms. The molecule has 1 atom stereocenters. The largest absolute Gasteiger partial charge is 0.511 e. The molecule has 240 valence electrons. The predicted molar refractivity (Wildman–Crippen MR) is 173 cm³/mol. The number of phenolic OH excluding ortho intramolecular Hbond substituents is 2. The fraction of sp³-hybridized carbons (Fsp3) is 0.472. The van der Waals surface area contributed by atoms with E-state index in [0.29, 0.717) is 6.42 Å². The van der Waals surface area contributed by atoms with Gasteiger partial charge in [0, 0.05) is 29.5 Å². The normalized spacial score (nSPS) is 17.1. The van der Waals surface area contributed by atoms with E-state index in [9.17, 15) is 34.8 Å². The van der Waals surface area contributed by atoms with Crippen molar-refractivity contribution in [1.82, 2.24) is 0 Å². The van der Waals surface area contributed by atoms with Gasteiger partial charge in [0.2, 0.25) is 0 Å². The molecule has 4 N–H and O–H groups in total. The van der Waals surface area contributed by atoms with Crippen LogP contribution in [0, 0.1) is 5.41 Å². The van der Waals surface area contributed by atoms with Gasteiger partial charge in [-0.25, -0.2) is 0 Å². The Morgan fingerprint density at radius 1 is 0.864 bits per heavy atom. The Hall–Kier alpha value is -4.07. The maximum atomic E-state index is 13.6. The van der Waals surface area contributed by atoms with Crippen molar-refractivity contribution >= 4 is 17.3 Å². The Morgan fingerprint density at radius 2 is 1.48 bits per heavy atom. The Labute approximate surface area is 261 Å². The highest BCUT2D eigenvalue weighted by Crippen LogP contribution is 2.48. The molecule has 0 radical (unpaired) electrons. The Kier molecular flexibility index (Phi) is 12.4. The molecule has 0 saturated heterocycles. The minimum absolute atomic E-state index is 0.0412. The number of rotatable bonds is 14. The van der Waals surface area contributed by atoms with Crippen LogP contribution in [0.15, 0.2) is 57.6 Å². The number of ether oxygens (including phenoxy) is 1. The first kappa shape index (κ1) is 36.1. The molecule has 2 rings (SSSR count). The van der Waals surface area contributed by atoms with Crippen LogP contribution in [0.25, 0.3) is 0 Å². The first-order valence-electron chi connectivity index (χ1n) is 15.0. The number of allylic oxidation sites excluding steroid dienone is 9. The molecule has 1 aromatic rings. The van der Waals surface area contributed by atoms with Gasteiger partial charge in [-0.2, -0.15) is 0 Å². The van der Waals surface area contributed by atoms with Gasteiger partial charge in [0.05, 0.1) is 12.5 Å². The Bertz CT molecular complexity index is 1470. The molecule has 0 amide bonds. The molecular formula is C36H48O8. The third-order valence-electron chi connectivity index (χ3n) is 7.98. The minimum Gasteiger partial charge on any atom is -0.511 e. The molecular weight excluding hydrogens is 560 g/mol. The van der Waals surface area contributed by atoms with Gasteiger partial charge in [0.25, 0.3) is 0 Å². The predicted octanol–water partition coefficient (Wildman–Crippen LogP) is 8.03. The zero-order chi connectivity index (χ0) is 33.5. The number of carbonyl (C=O) groups is 3. The quantitative estimate of drug-likeness (QED) is 0.0945. The number of phenols is 2. The minimum atomic E-state index is -1.59. The number of aliphatic hydroxyl groups is 2. The molecule has 0 aromatic heterocycles. The van der Waals surface area contributed by atoms with E-state index in [1.54, 1.807) is 0 Å². The van der Waals surface area contributed by atoms with Gasteiger partial charge in [-0.3, -0.25) is 14.4 Å². The molecule has 0 fully saturated rings. The summed E-state index contributed by atoms with van der Waals surface area (Å²) < 4.78 is 5.53. The number of benzene rings is 1. The Morgan fingerprint density at radius 3 is 2.00 bits per heavy atom. The van der Waals surface area contributed by atoms with Gasteiger partial charge in [0.15, 0.2) is 17.3 Å². The van der Waals surface area contributed by atoms with E-state index in [0.717, 1.165) is 30.9 Å². The monoisotopic (exact) mass is 608 g/mol. The van der Waals surface area contributed by atoms with Gasteiger partial charge in [-0.05, 0) is 80.6 Å². The molecule has 0 heterocycles. The highest BCUT2D eigenvalue weighted by atomic mass is 16.5. The first-order valence-corrected chi connectivity index (χ1v) is 15.0. The number of ketones is 3. The van der Waals surface area contributed by atoms with E-state index in [2.05, 4.69) is 6.08 Å². The van der Waals surface area contributed by atoms with Crippen molar-refractivity contribution in [3.8, 4) is 17.2 Å². The second kappa shape index (κ2) is 15.1. The van der Waals surface area contributed by atoms with Crippen LogP contribution in [0.4, 0.5) is 0 Å². The number of hydrogen-bond donors (Lipinski definition) is 4. The zero-order valence-corrected chi connectivity index (χ0v) is 27.6. The lowest BCUT2D eigenvalue weighted by atomic mass is 9.70. The van der Waals surface area contributed by atoms with Crippen LogP contribution < -0.4 is 4.74 Å². The summed E-state index contributed by atoms with van der Waals surface area (Å²) in [5.74, 6) is -3.88. The van der Waals surface area contributed by atoms with Crippen molar-refractivity contribution in [2.24, 2.45) is 5.41 Å². The summed E-state index contributed by atoms with van der Waals surface area (Å²) in [6.07, 6.45) is 7.70. The van der Waals surface area contributed by atoms with Gasteiger partial charge in [-0.15, -0.1) is 0 Å². The third-order valence-corrected chi connectivity index (χ3v) is 7.98. The lowest BCUT2D eigenvalue weighted by molar-refractivity contribution is -0.127. The molecule has 0 saturated carbocycles. The number of aliphatic hydroxyl groups excluding tert-OH is 2. The first-order chi connectivity index (χ1) is 20.5. The van der Waals surface area contributed by atoms with Crippen LogP contribution in [0.5, 0.6) is 17.2 Å². The summed E-state index contributed by atoms with van der Waals surface area (Å²) in [4.78, 5) is 39.5. The van der Waals surface area contributed by atoms with Crippen LogP contribution in [-0.4, -0.2) is 44.9 Å². The van der Waals surface area contributed by atoms with Crippen molar-refractivity contribution in [2.75, 3.05) is 7.11 Å². The number of methoxy groups -OCH3 is 1. The van der Waals surface area contributed by atoms with Gasteiger partial charge in [-0.1, -0.05) is 41.9 Å². The Balaban J connectivity index is 2.84. The van der Waals surface area contributed by atoms with Crippen LogP contribution >= 0.6 is 0 Å². The van der Waals surface area contributed by atoms with Crippen LogP contribution in [0.2, 0.25) is 0 Å². The van der Waals surface area contributed by atoms with E-state index in [-0.39, 0.29) is 53.0 Å². The maximum Gasteiger partial charge on any atom is 0.183 e.